The van der Waals surface area contributed by atoms with Gasteiger partial charge in [-0.2, -0.15) is 0 Å². The average Bonchev–Trinajstić information content (AvgIpc) is 2.75. The molecule has 0 bridgehead atoms. The number of imidazole rings is 1. The second-order valence-electron chi connectivity index (χ2n) is 6.56. The lowest BCUT2D eigenvalue weighted by atomic mass is 9.93. The van der Waals surface area contributed by atoms with Crippen LogP contribution in [0.2, 0.25) is 0 Å². The van der Waals surface area contributed by atoms with Crippen molar-refractivity contribution in [3.8, 4) is 0 Å². The van der Waals surface area contributed by atoms with E-state index in [1.165, 1.54) is 5.69 Å². The fourth-order valence-corrected chi connectivity index (χ4v) is 2.88. The molecule has 2 rings (SSSR count). The van der Waals surface area contributed by atoms with E-state index in [1.54, 1.807) is 0 Å². The van der Waals surface area contributed by atoms with Crippen molar-refractivity contribution in [1.29, 1.82) is 0 Å². The van der Waals surface area contributed by atoms with Gasteiger partial charge in [0.2, 0.25) is 0 Å². The molecule has 1 aliphatic rings. The molecule has 1 saturated heterocycles. The van der Waals surface area contributed by atoms with E-state index in [9.17, 15) is 0 Å². The van der Waals surface area contributed by atoms with Gasteiger partial charge in [-0.05, 0) is 47.6 Å². The topological polar surface area (TPSA) is 30.3 Å². The standard InChI is InChI=1S/C15H27N3O/c1-12(2)18-11-16-9-14(18)10-17(5)13-6-7-19-15(3,4)8-13/h9,11-13H,6-8,10H2,1-5H3/t13-/m1/s1. The Morgan fingerprint density at radius 3 is 2.89 bits per heavy atom. The molecule has 4 nitrogen and oxygen atoms in total. The van der Waals surface area contributed by atoms with Gasteiger partial charge in [0, 0.05) is 31.4 Å². The first-order valence-corrected chi connectivity index (χ1v) is 7.24. The zero-order valence-electron chi connectivity index (χ0n) is 12.9. The first kappa shape index (κ1) is 14.5. The van der Waals surface area contributed by atoms with Gasteiger partial charge in [-0.1, -0.05) is 0 Å². The zero-order valence-corrected chi connectivity index (χ0v) is 12.9. The summed E-state index contributed by atoms with van der Waals surface area (Å²) >= 11 is 0. The molecule has 0 radical (unpaired) electrons. The summed E-state index contributed by atoms with van der Waals surface area (Å²) in [6.45, 7) is 10.6. The molecular formula is C15H27N3O. The molecule has 1 aromatic heterocycles. The van der Waals surface area contributed by atoms with Crippen LogP contribution in [0.5, 0.6) is 0 Å². The molecule has 0 saturated carbocycles. The maximum absolute atomic E-state index is 5.80. The smallest absolute Gasteiger partial charge is 0.0951 e. The van der Waals surface area contributed by atoms with Crippen molar-refractivity contribution in [1.82, 2.24) is 14.5 Å². The Hall–Kier alpha value is -0.870. The molecule has 108 valence electrons. The van der Waals surface area contributed by atoms with Crippen LogP contribution < -0.4 is 0 Å². The van der Waals surface area contributed by atoms with Crippen molar-refractivity contribution in [3.63, 3.8) is 0 Å². The lowest BCUT2D eigenvalue weighted by molar-refractivity contribution is -0.0811. The third-order valence-electron chi connectivity index (χ3n) is 4.01. The predicted molar refractivity (Wildman–Crippen MR) is 77.1 cm³/mol. The Bertz CT molecular complexity index is 411. The lowest BCUT2D eigenvalue weighted by Gasteiger charge is -2.39. The number of ether oxygens (including phenoxy) is 1. The first-order chi connectivity index (χ1) is 8.89. The number of aromatic nitrogens is 2. The third kappa shape index (κ3) is 3.57. The Morgan fingerprint density at radius 2 is 2.26 bits per heavy atom. The van der Waals surface area contributed by atoms with Crippen LogP contribution in [-0.4, -0.2) is 39.7 Å². The molecule has 0 aromatic carbocycles. The van der Waals surface area contributed by atoms with Gasteiger partial charge in [0.25, 0.3) is 0 Å². The molecule has 1 aliphatic heterocycles. The monoisotopic (exact) mass is 265 g/mol. The number of nitrogens with zero attached hydrogens (tertiary/aromatic N) is 3. The van der Waals surface area contributed by atoms with Gasteiger partial charge >= 0.3 is 0 Å². The van der Waals surface area contributed by atoms with Crippen LogP contribution >= 0.6 is 0 Å². The molecule has 0 N–H and O–H groups in total. The highest BCUT2D eigenvalue weighted by molar-refractivity contribution is 5.00. The van der Waals surface area contributed by atoms with Crippen LogP contribution in [0.1, 0.15) is 52.3 Å². The Morgan fingerprint density at radius 1 is 1.53 bits per heavy atom. The molecule has 19 heavy (non-hydrogen) atoms. The van der Waals surface area contributed by atoms with E-state index in [-0.39, 0.29) is 5.60 Å². The summed E-state index contributed by atoms with van der Waals surface area (Å²) in [5, 5.41) is 0. The predicted octanol–water partition coefficient (Wildman–Crippen LogP) is 2.85. The van der Waals surface area contributed by atoms with E-state index in [2.05, 4.69) is 49.2 Å². The van der Waals surface area contributed by atoms with Crippen molar-refractivity contribution in [2.75, 3.05) is 13.7 Å². The number of hydrogen-bond acceptors (Lipinski definition) is 3. The fraction of sp³-hybridized carbons (Fsp3) is 0.800. The highest BCUT2D eigenvalue weighted by Crippen LogP contribution is 2.27. The normalized spacial score (nSPS) is 23.2. The zero-order chi connectivity index (χ0) is 14.0. The SMILES string of the molecule is CC(C)n1cncc1CN(C)[C@@H]1CCOC(C)(C)C1. The average molecular weight is 265 g/mol. The van der Waals surface area contributed by atoms with E-state index in [0.29, 0.717) is 12.1 Å². The quantitative estimate of drug-likeness (QED) is 0.838. The minimum atomic E-state index is 0.00939. The van der Waals surface area contributed by atoms with Crippen molar-refractivity contribution in [2.45, 2.75) is 64.8 Å². The highest BCUT2D eigenvalue weighted by Gasteiger charge is 2.31. The minimum Gasteiger partial charge on any atom is -0.375 e. The molecule has 0 unspecified atom stereocenters. The second-order valence-corrected chi connectivity index (χ2v) is 6.56. The third-order valence-corrected chi connectivity index (χ3v) is 4.01. The van der Waals surface area contributed by atoms with Crippen LogP contribution in [0.3, 0.4) is 0 Å². The van der Waals surface area contributed by atoms with Gasteiger partial charge in [0.05, 0.1) is 17.6 Å². The Kier molecular flexibility index (Phi) is 4.31. The van der Waals surface area contributed by atoms with Crippen molar-refractivity contribution >= 4 is 0 Å². The summed E-state index contributed by atoms with van der Waals surface area (Å²) in [6, 6.07) is 1.07. The number of hydrogen-bond donors (Lipinski definition) is 0. The molecular weight excluding hydrogens is 238 g/mol. The van der Waals surface area contributed by atoms with Crippen LogP contribution in [0.25, 0.3) is 0 Å². The van der Waals surface area contributed by atoms with E-state index >= 15 is 0 Å². The van der Waals surface area contributed by atoms with E-state index in [0.717, 1.165) is 26.0 Å². The summed E-state index contributed by atoms with van der Waals surface area (Å²) in [5.74, 6) is 0. The lowest BCUT2D eigenvalue weighted by Crippen LogP contribution is -2.44. The van der Waals surface area contributed by atoms with Crippen molar-refractivity contribution in [3.05, 3.63) is 18.2 Å². The van der Waals surface area contributed by atoms with Crippen molar-refractivity contribution < 1.29 is 4.74 Å². The fourth-order valence-electron chi connectivity index (χ4n) is 2.88. The Balaban J connectivity index is 2.00. The van der Waals surface area contributed by atoms with Crippen LogP contribution in [0, 0.1) is 0 Å². The minimum absolute atomic E-state index is 0.00939. The summed E-state index contributed by atoms with van der Waals surface area (Å²) in [4.78, 5) is 6.73. The number of rotatable bonds is 4. The Labute approximate surface area is 116 Å². The van der Waals surface area contributed by atoms with E-state index in [4.69, 9.17) is 4.74 Å². The largest absolute Gasteiger partial charge is 0.375 e. The van der Waals surface area contributed by atoms with Crippen LogP contribution in [-0.2, 0) is 11.3 Å². The summed E-state index contributed by atoms with van der Waals surface area (Å²) in [7, 11) is 2.21. The van der Waals surface area contributed by atoms with Crippen LogP contribution in [0.15, 0.2) is 12.5 Å². The van der Waals surface area contributed by atoms with Crippen molar-refractivity contribution in [2.24, 2.45) is 0 Å². The summed E-state index contributed by atoms with van der Waals surface area (Å²) < 4.78 is 8.05. The van der Waals surface area contributed by atoms with Crippen LogP contribution in [0.4, 0.5) is 0 Å². The molecule has 0 aliphatic carbocycles. The summed E-state index contributed by atoms with van der Waals surface area (Å²) in [5.41, 5.74) is 1.30. The molecule has 0 spiro atoms. The van der Waals surface area contributed by atoms with Gasteiger partial charge in [0.1, 0.15) is 0 Å². The maximum atomic E-state index is 5.80. The summed E-state index contributed by atoms with van der Waals surface area (Å²) in [6.07, 6.45) is 6.14. The van der Waals surface area contributed by atoms with Gasteiger partial charge in [-0.15, -0.1) is 0 Å². The molecule has 1 aromatic rings. The molecule has 0 amide bonds. The molecule has 4 heteroatoms. The van der Waals surface area contributed by atoms with Gasteiger partial charge in [-0.25, -0.2) is 4.98 Å². The maximum Gasteiger partial charge on any atom is 0.0951 e. The van der Waals surface area contributed by atoms with Gasteiger partial charge in [-0.3, -0.25) is 4.90 Å². The molecule has 2 heterocycles. The first-order valence-electron chi connectivity index (χ1n) is 7.24. The highest BCUT2D eigenvalue weighted by atomic mass is 16.5. The molecule has 1 fully saturated rings. The second kappa shape index (κ2) is 5.63. The molecule has 1 atom stereocenters. The van der Waals surface area contributed by atoms with E-state index < -0.39 is 0 Å². The van der Waals surface area contributed by atoms with Gasteiger partial charge < -0.3 is 9.30 Å². The van der Waals surface area contributed by atoms with Gasteiger partial charge in [0.15, 0.2) is 0 Å². The van der Waals surface area contributed by atoms with E-state index in [1.807, 2.05) is 12.5 Å².